The molecular weight excluding hydrogens is 498 g/mol. The summed E-state index contributed by atoms with van der Waals surface area (Å²) in [5.74, 6) is 0.979. The highest BCUT2D eigenvalue weighted by Crippen LogP contribution is 2.45. The van der Waals surface area contributed by atoms with Crippen molar-refractivity contribution >= 4 is 46.0 Å². The molecule has 2 aromatic heterocycles. The number of hydrogen-bond donors (Lipinski definition) is 0. The minimum absolute atomic E-state index is 0.0521. The number of aryl methyl sites for hydroxylation is 1. The van der Waals surface area contributed by atoms with Gasteiger partial charge in [-0.25, -0.2) is 9.79 Å². The number of nitro groups is 1. The van der Waals surface area contributed by atoms with Gasteiger partial charge in [0.2, 0.25) is 0 Å². The Balaban J connectivity index is 1.43. The number of aliphatic imine (C=N–C) groups is 1. The zero-order valence-corrected chi connectivity index (χ0v) is 21.5. The Morgan fingerprint density at radius 2 is 2.14 bits per heavy atom. The molecule has 0 spiro atoms. The quantitative estimate of drug-likeness (QED) is 0.206. The molecule has 2 aliphatic rings. The van der Waals surface area contributed by atoms with Gasteiger partial charge in [-0.3, -0.25) is 10.1 Å². The lowest BCUT2D eigenvalue weighted by atomic mass is 10.0. The van der Waals surface area contributed by atoms with Gasteiger partial charge in [0.05, 0.1) is 29.3 Å². The molecule has 0 saturated carbocycles. The molecule has 1 fully saturated rings. The zero-order chi connectivity index (χ0) is 25.4. The molecule has 1 aromatic carbocycles. The van der Waals surface area contributed by atoms with E-state index in [0.29, 0.717) is 35.9 Å². The number of benzene rings is 1. The van der Waals surface area contributed by atoms with E-state index >= 15 is 0 Å². The Labute approximate surface area is 216 Å². The first-order valence-electron chi connectivity index (χ1n) is 11.4. The molecule has 10 heteroatoms. The Morgan fingerprint density at radius 3 is 2.83 bits per heavy atom. The number of ether oxygens (including phenoxy) is 1. The largest absolute Gasteiger partial charge is 0.463 e. The molecule has 1 unspecified atom stereocenters. The van der Waals surface area contributed by atoms with E-state index < -0.39 is 4.92 Å². The summed E-state index contributed by atoms with van der Waals surface area (Å²) in [7, 11) is 0. The molecule has 1 saturated heterocycles. The van der Waals surface area contributed by atoms with Crippen molar-refractivity contribution in [3.05, 3.63) is 90.3 Å². The number of allylic oxidation sites excluding steroid dienone is 1. The number of carbonyl (C=O) groups is 1. The van der Waals surface area contributed by atoms with Crippen LogP contribution < -0.4 is 0 Å². The Hall–Kier alpha value is -3.63. The van der Waals surface area contributed by atoms with E-state index in [-0.39, 0.29) is 17.7 Å². The molecule has 5 rings (SSSR count). The van der Waals surface area contributed by atoms with Gasteiger partial charge in [0.15, 0.2) is 5.17 Å². The minimum atomic E-state index is -0.406. The number of nitro benzene ring substituents is 1. The Bertz CT molecular complexity index is 1440. The van der Waals surface area contributed by atoms with Crippen molar-refractivity contribution in [3.63, 3.8) is 0 Å². The number of amidine groups is 1. The van der Waals surface area contributed by atoms with E-state index in [1.165, 1.54) is 6.07 Å². The monoisotopic (exact) mass is 521 g/mol. The number of carbonyl (C=O) groups excluding carboxylic acids is 1. The number of nitrogens with zero attached hydrogens (tertiary/aromatic N) is 3. The summed E-state index contributed by atoms with van der Waals surface area (Å²) in [6.07, 6.45) is 1.97. The number of hydrogen-bond acceptors (Lipinski definition) is 9. The van der Waals surface area contributed by atoms with E-state index in [0.717, 1.165) is 26.1 Å². The Kier molecular flexibility index (Phi) is 6.55. The van der Waals surface area contributed by atoms with Gasteiger partial charge in [-0.15, -0.1) is 11.3 Å². The summed E-state index contributed by atoms with van der Waals surface area (Å²) in [6, 6.07) is 12.2. The lowest BCUT2D eigenvalue weighted by Gasteiger charge is -2.33. The van der Waals surface area contributed by atoms with Gasteiger partial charge >= 0.3 is 5.97 Å². The van der Waals surface area contributed by atoms with E-state index in [9.17, 15) is 14.9 Å². The van der Waals surface area contributed by atoms with Crippen LogP contribution >= 0.6 is 23.1 Å². The molecule has 0 bridgehead atoms. The summed E-state index contributed by atoms with van der Waals surface area (Å²) in [6.45, 7) is 6.36. The molecular formula is C26H23N3O5S2. The van der Waals surface area contributed by atoms with Crippen LogP contribution in [0.5, 0.6) is 0 Å². The van der Waals surface area contributed by atoms with Crippen LogP contribution in [0.4, 0.5) is 5.69 Å². The van der Waals surface area contributed by atoms with Gasteiger partial charge in [0.1, 0.15) is 17.6 Å². The average Bonchev–Trinajstić information content (AvgIpc) is 3.59. The number of furan rings is 1. The van der Waals surface area contributed by atoms with Crippen molar-refractivity contribution in [2.24, 2.45) is 4.99 Å². The number of esters is 1. The van der Waals surface area contributed by atoms with E-state index in [1.807, 2.05) is 49.6 Å². The lowest BCUT2D eigenvalue weighted by molar-refractivity contribution is -0.384. The van der Waals surface area contributed by atoms with E-state index in [2.05, 4.69) is 4.90 Å². The van der Waals surface area contributed by atoms with Crippen LogP contribution in [-0.4, -0.2) is 34.1 Å². The predicted octanol–water partition coefficient (Wildman–Crippen LogP) is 6.56. The fourth-order valence-electron chi connectivity index (χ4n) is 4.35. The van der Waals surface area contributed by atoms with Crippen molar-refractivity contribution < 1.29 is 18.9 Å². The molecule has 1 atom stereocenters. The fraction of sp³-hybridized carbons (Fsp3) is 0.231. The Morgan fingerprint density at radius 1 is 1.31 bits per heavy atom. The third kappa shape index (κ3) is 4.49. The first-order chi connectivity index (χ1) is 17.4. The third-order valence-corrected chi connectivity index (χ3v) is 7.90. The minimum Gasteiger partial charge on any atom is -0.463 e. The van der Waals surface area contributed by atoms with Gasteiger partial charge in [-0.1, -0.05) is 17.8 Å². The summed E-state index contributed by atoms with van der Waals surface area (Å²) in [4.78, 5) is 32.4. The highest BCUT2D eigenvalue weighted by atomic mass is 32.2. The first kappa shape index (κ1) is 24.1. The summed E-state index contributed by atoms with van der Waals surface area (Å²) in [5.41, 5.74) is 2.87. The highest BCUT2D eigenvalue weighted by Gasteiger charge is 2.41. The van der Waals surface area contributed by atoms with Crippen LogP contribution in [0.2, 0.25) is 0 Å². The van der Waals surface area contributed by atoms with Crippen molar-refractivity contribution in [3.8, 4) is 11.3 Å². The van der Waals surface area contributed by atoms with Crippen LogP contribution in [-0.2, 0) is 9.53 Å². The van der Waals surface area contributed by atoms with Crippen molar-refractivity contribution in [2.75, 3.05) is 13.2 Å². The van der Waals surface area contributed by atoms with Gasteiger partial charge < -0.3 is 14.1 Å². The second kappa shape index (κ2) is 9.79. The van der Waals surface area contributed by atoms with Crippen LogP contribution in [0.1, 0.15) is 36.1 Å². The van der Waals surface area contributed by atoms with Crippen LogP contribution in [0, 0.1) is 17.0 Å². The van der Waals surface area contributed by atoms with Crippen molar-refractivity contribution in [1.29, 1.82) is 0 Å². The van der Waals surface area contributed by atoms with Gasteiger partial charge in [-0.2, -0.15) is 0 Å². The zero-order valence-electron chi connectivity index (χ0n) is 19.9. The highest BCUT2D eigenvalue weighted by molar-refractivity contribution is 8.17. The lowest BCUT2D eigenvalue weighted by Crippen LogP contribution is -2.36. The molecule has 8 nitrogen and oxygen atoms in total. The van der Waals surface area contributed by atoms with Crippen LogP contribution in [0.15, 0.2) is 73.4 Å². The third-order valence-electron chi connectivity index (χ3n) is 5.96. The topological polar surface area (TPSA) is 98.2 Å². The normalized spacial score (nSPS) is 18.4. The smallest absolute Gasteiger partial charge is 0.338 e. The van der Waals surface area contributed by atoms with E-state index in [4.69, 9.17) is 14.1 Å². The molecule has 0 aliphatic carbocycles. The standard InChI is InChI=1S/C26H23N3O5S2/c1-4-33-25(30)23-16(3)27-26-28(24(23)22-6-5-11-35-22)14-19(36-26)13-18-8-10-21(34-18)20-9-7-17(29(31)32)12-15(20)2/h5-13,24H,4,14H2,1-3H3. The predicted molar refractivity (Wildman–Crippen MR) is 142 cm³/mol. The molecule has 0 amide bonds. The maximum atomic E-state index is 12.9. The summed E-state index contributed by atoms with van der Waals surface area (Å²) < 4.78 is 11.4. The number of rotatable bonds is 6. The fourth-order valence-corrected chi connectivity index (χ4v) is 6.28. The van der Waals surface area contributed by atoms with Crippen molar-refractivity contribution in [2.45, 2.75) is 26.8 Å². The second-order valence-corrected chi connectivity index (χ2v) is 10.4. The first-order valence-corrected chi connectivity index (χ1v) is 13.1. The molecule has 4 heterocycles. The number of non-ortho nitro benzene ring substituents is 1. The van der Waals surface area contributed by atoms with E-state index in [1.54, 1.807) is 42.2 Å². The van der Waals surface area contributed by atoms with Gasteiger partial charge in [0.25, 0.3) is 5.69 Å². The maximum Gasteiger partial charge on any atom is 0.338 e. The molecule has 0 N–H and O–H groups in total. The number of fused-ring (bicyclic) bond motifs is 1. The molecule has 0 radical (unpaired) electrons. The number of thioether (sulfide) groups is 1. The SMILES string of the molecule is CCOC(=O)C1=C(C)N=C2SC(=Cc3ccc(-c4ccc([N+](=O)[O-])cc4C)o3)CN2C1c1cccs1. The van der Waals surface area contributed by atoms with Gasteiger partial charge in [0, 0.05) is 27.5 Å². The van der Waals surface area contributed by atoms with Crippen molar-refractivity contribution in [1.82, 2.24) is 4.90 Å². The van der Waals surface area contributed by atoms with Gasteiger partial charge in [-0.05, 0) is 62.1 Å². The van der Waals surface area contributed by atoms with Crippen LogP contribution in [0.25, 0.3) is 17.4 Å². The maximum absolute atomic E-state index is 12.9. The number of thiophene rings is 1. The second-order valence-electron chi connectivity index (χ2n) is 8.33. The molecule has 3 aromatic rings. The molecule has 2 aliphatic heterocycles. The summed E-state index contributed by atoms with van der Waals surface area (Å²) >= 11 is 3.16. The van der Waals surface area contributed by atoms with Crippen LogP contribution in [0.3, 0.4) is 0 Å². The molecule has 36 heavy (non-hydrogen) atoms. The molecule has 184 valence electrons. The summed E-state index contributed by atoms with van der Waals surface area (Å²) in [5, 5.41) is 13.9. The average molecular weight is 522 g/mol.